The van der Waals surface area contributed by atoms with Gasteiger partial charge in [-0.25, -0.2) is 0 Å². The van der Waals surface area contributed by atoms with E-state index >= 15 is 0 Å². The lowest BCUT2D eigenvalue weighted by molar-refractivity contribution is -0.139. The van der Waals surface area contributed by atoms with E-state index in [0.717, 1.165) is 32.7 Å². The molecule has 1 aromatic carbocycles. The van der Waals surface area contributed by atoms with Gasteiger partial charge in [0.2, 0.25) is 0 Å². The van der Waals surface area contributed by atoms with E-state index in [0.29, 0.717) is 11.3 Å². The molecule has 0 aromatic heterocycles. The van der Waals surface area contributed by atoms with Gasteiger partial charge >= 0.3 is 0 Å². The smallest absolute Gasteiger partial charge is 0.263 e. The van der Waals surface area contributed by atoms with E-state index in [9.17, 15) is 4.79 Å². The van der Waals surface area contributed by atoms with E-state index in [1.165, 1.54) is 0 Å². The Morgan fingerprint density at radius 1 is 1.33 bits per heavy atom. The second-order valence-electron chi connectivity index (χ2n) is 5.13. The van der Waals surface area contributed by atoms with E-state index in [2.05, 4.69) is 17.9 Å². The summed E-state index contributed by atoms with van der Waals surface area (Å²) in [6, 6.07) is 9.06. The van der Waals surface area contributed by atoms with Crippen LogP contribution in [0.3, 0.4) is 0 Å². The molecule has 112 valence electrons. The fraction of sp³-hybridized carbons (Fsp3) is 0.500. The summed E-state index contributed by atoms with van der Waals surface area (Å²) < 4.78 is 5.68. The summed E-state index contributed by atoms with van der Waals surface area (Å²) >= 11 is 0. The average molecular weight is 287 g/mol. The molecular weight excluding hydrogens is 266 g/mol. The van der Waals surface area contributed by atoms with E-state index in [4.69, 9.17) is 10.00 Å². The van der Waals surface area contributed by atoms with Crippen LogP contribution in [0.25, 0.3) is 0 Å². The van der Waals surface area contributed by atoms with Crippen LogP contribution in [0.15, 0.2) is 24.3 Å². The number of nitriles is 1. The minimum absolute atomic E-state index is 0.0153. The van der Waals surface area contributed by atoms with E-state index in [1.54, 1.807) is 31.2 Å². The lowest BCUT2D eigenvalue weighted by Crippen LogP contribution is -2.51. The summed E-state index contributed by atoms with van der Waals surface area (Å²) in [4.78, 5) is 16.6. The quantitative estimate of drug-likeness (QED) is 0.842. The van der Waals surface area contributed by atoms with Crippen LogP contribution in [-0.4, -0.2) is 54.5 Å². The van der Waals surface area contributed by atoms with E-state index in [-0.39, 0.29) is 5.91 Å². The molecule has 0 N–H and O–H groups in total. The number of ether oxygens (including phenoxy) is 1. The van der Waals surface area contributed by atoms with Crippen molar-refractivity contribution in [2.45, 2.75) is 20.0 Å². The molecule has 1 aliphatic rings. The molecule has 1 fully saturated rings. The molecule has 21 heavy (non-hydrogen) atoms. The fourth-order valence-electron chi connectivity index (χ4n) is 2.44. The summed E-state index contributed by atoms with van der Waals surface area (Å²) in [5.74, 6) is 0.451. The molecule has 5 heteroatoms. The van der Waals surface area contributed by atoms with Crippen molar-refractivity contribution in [1.82, 2.24) is 9.80 Å². The molecule has 0 spiro atoms. The normalized spacial score (nSPS) is 17.1. The van der Waals surface area contributed by atoms with Gasteiger partial charge < -0.3 is 14.5 Å². The summed E-state index contributed by atoms with van der Waals surface area (Å²) in [6.45, 7) is 8.17. The summed E-state index contributed by atoms with van der Waals surface area (Å²) in [6.07, 6.45) is -0.576. The van der Waals surface area contributed by atoms with Gasteiger partial charge in [0.25, 0.3) is 5.91 Å². The van der Waals surface area contributed by atoms with Crippen LogP contribution in [0, 0.1) is 11.3 Å². The van der Waals surface area contributed by atoms with Gasteiger partial charge in [-0.2, -0.15) is 5.26 Å². The van der Waals surface area contributed by atoms with Gasteiger partial charge in [0, 0.05) is 26.2 Å². The first-order valence-electron chi connectivity index (χ1n) is 7.32. The number of benzene rings is 1. The largest absolute Gasteiger partial charge is 0.480 e. The molecule has 1 saturated heterocycles. The Kier molecular flexibility index (Phi) is 5.18. The summed E-state index contributed by atoms with van der Waals surface area (Å²) in [5, 5.41) is 9.04. The topological polar surface area (TPSA) is 56.6 Å². The van der Waals surface area contributed by atoms with Crippen LogP contribution in [0.4, 0.5) is 0 Å². The van der Waals surface area contributed by atoms with Crippen molar-refractivity contribution < 1.29 is 9.53 Å². The molecule has 1 aliphatic heterocycles. The maximum Gasteiger partial charge on any atom is 0.263 e. The Morgan fingerprint density at radius 2 is 2.00 bits per heavy atom. The average Bonchev–Trinajstić information content (AvgIpc) is 2.54. The number of carbonyl (C=O) groups is 1. The summed E-state index contributed by atoms with van der Waals surface area (Å²) in [7, 11) is 0. The zero-order valence-electron chi connectivity index (χ0n) is 12.6. The first-order chi connectivity index (χ1) is 10.2. The van der Waals surface area contributed by atoms with Crippen LogP contribution >= 0.6 is 0 Å². The Labute approximate surface area is 125 Å². The van der Waals surface area contributed by atoms with Gasteiger partial charge in [0.15, 0.2) is 6.10 Å². The lowest BCUT2D eigenvalue weighted by Gasteiger charge is -2.35. The first-order valence-corrected chi connectivity index (χ1v) is 7.32. The Morgan fingerprint density at radius 3 is 2.62 bits per heavy atom. The molecule has 0 saturated carbocycles. The molecule has 5 nitrogen and oxygen atoms in total. The fourth-order valence-corrected chi connectivity index (χ4v) is 2.44. The highest BCUT2D eigenvalue weighted by Gasteiger charge is 2.25. The van der Waals surface area contributed by atoms with Crippen molar-refractivity contribution in [2.75, 3.05) is 32.7 Å². The predicted octanol–water partition coefficient (Wildman–Crippen LogP) is 1.49. The second kappa shape index (κ2) is 7.09. The molecule has 1 amide bonds. The third kappa shape index (κ3) is 3.73. The highest BCUT2D eigenvalue weighted by molar-refractivity contribution is 5.81. The van der Waals surface area contributed by atoms with Crippen molar-refractivity contribution in [3.63, 3.8) is 0 Å². The molecule has 0 radical (unpaired) electrons. The SMILES string of the molecule is CCN1CCN(C(=O)C(C)Oc2ccccc2C#N)CC1. The van der Waals surface area contributed by atoms with Gasteiger partial charge in [0.1, 0.15) is 11.8 Å². The Bertz CT molecular complexity index is 531. The second-order valence-corrected chi connectivity index (χ2v) is 5.13. The molecule has 1 unspecified atom stereocenters. The zero-order chi connectivity index (χ0) is 15.2. The first kappa shape index (κ1) is 15.3. The maximum absolute atomic E-state index is 12.4. The number of nitrogens with zero attached hydrogens (tertiary/aromatic N) is 3. The van der Waals surface area contributed by atoms with Crippen LogP contribution < -0.4 is 4.74 Å². The number of amides is 1. The van der Waals surface area contributed by atoms with Crippen LogP contribution in [0.5, 0.6) is 5.75 Å². The van der Waals surface area contributed by atoms with Crippen molar-refractivity contribution in [2.24, 2.45) is 0 Å². The molecule has 1 atom stereocenters. The molecule has 2 rings (SSSR count). The highest BCUT2D eigenvalue weighted by Crippen LogP contribution is 2.19. The van der Waals surface area contributed by atoms with Crippen LogP contribution in [0.2, 0.25) is 0 Å². The molecule has 0 aliphatic carbocycles. The highest BCUT2D eigenvalue weighted by atomic mass is 16.5. The van der Waals surface area contributed by atoms with Gasteiger partial charge in [-0.1, -0.05) is 19.1 Å². The molecule has 0 bridgehead atoms. The lowest BCUT2D eigenvalue weighted by atomic mass is 10.2. The van der Waals surface area contributed by atoms with E-state index in [1.807, 2.05) is 4.90 Å². The van der Waals surface area contributed by atoms with Crippen LogP contribution in [0.1, 0.15) is 19.4 Å². The van der Waals surface area contributed by atoms with E-state index < -0.39 is 6.10 Å². The number of carbonyl (C=O) groups excluding carboxylic acids is 1. The molecule has 1 aromatic rings. The minimum Gasteiger partial charge on any atom is -0.480 e. The molecular formula is C16H21N3O2. The predicted molar refractivity (Wildman–Crippen MR) is 79.9 cm³/mol. The maximum atomic E-state index is 12.4. The van der Waals surface area contributed by atoms with Gasteiger partial charge in [-0.05, 0) is 25.6 Å². The van der Waals surface area contributed by atoms with Crippen molar-refractivity contribution >= 4 is 5.91 Å². The number of para-hydroxylation sites is 1. The number of rotatable bonds is 4. The molecule has 1 heterocycles. The van der Waals surface area contributed by atoms with Gasteiger partial charge in [-0.15, -0.1) is 0 Å². The Hall–Kier alpha value is -2.06. The van der Waals surface area contributed by atoms with Gasteiger partial charge in [0.05, 0.1) is 5.56 Å². The number of hydrogen-bond donors (Lipinski definition) is 0. The van der Waals surface area contributed by atoms with Crippen molar-refractivity contribution in [3.8, 4) is 11.8 Å². The third-order valence-electron chi connectivity index (χ3n) is 3.79. The number of piperazine rings is 1. The minimum atomic E-state index is -0.576. The standard InChI is InChI=1S/C16H21N3O2/c1-3-18-8-10-19(11-9-18)16(20)13(2)21-15-7-5-4-6-14(15)12-17/h4-7,13H,3,8-11H2,1-2H3. The zero-order valence-corrected chi connectivity index (χ0v) is 12.6. The number of likely N-dealkylation sites (N-methyl/N-ethyl adjacent to an activating group) is 1. The van der Waals surface area contributed by atoms with Crippen LogP contribution in [-0.2, 0) is 4.79 Å². The van der Waals surface area contributed by atoms with Crippen molar-refractivity contribution in [1.29, 1.82) is 5.26 Å². The third-order valence-corrected chi connectivity index (χ3v) is 3.79. The number of hydrogen-bond acceptors (Lipinski definition) is 4. The monoisotopic (exact) mass is 287 g/mol. The van der Waals surface area contributed by atoms with Gasteiger partial charge in [-0.3, -0.25) is 4.79 Å². The van der Waals surface area contributed by atoms with Crippen molar-refractivity contribution in [3.05, 3.63) is 29.8 Å². The summed E-state index contributed by atoms with van der Waals surface area (Å²) in [5.41, 5.74) is 0.452. The Balaban J connectivity index is 1.96.